The van der Waals surface area contributed by atoms with Gasteiger partial charge in [-0.15, -0.1) is 0 Å². The van der Waals surface area contributed by atoms with E-state index >= 15 is 0 Å². The predicted octanol–water partition coefficient (Wildman–Crippen LogP) is 2.68. The Morgan fingerprint density at radius 3 is 2.61 bits per heavy atom. The van der Waals surface area contributed by atoms with E-state index in [9.17, 15) is 9.59 Å². The number of carbonyl (C=O) groups excluding carboxylic acids is 2. The monoisotopic (exact) mass is 420 g/mol. The number of fused-ring (bicyclic) bond motifs is 2. The van der Waals surface area contributed by atoms with Crippen molar-refractivity contribution >= 4 is 28.4 Å². The minimum Gasteiger partial charge on any atom is -0.454 e. The first-order chi connectivity index (χ1) is 15.2. The molecular formula is C23H24N4O4. The average Bonchev–Trinajstić information content (AvgIpc) is 3.44. The van der Waals surface area contributed by atoms with Crippen molar-refractivity contribution in [2.24, 2.45) is 0 Å². The van der Waals surface area contributed by atoms with Crippen molar-refractivity contribution in [2.45, 2.75) is 6.42 Å². The van der Waals surface area contributed by atoms with Crippen LogP contribution in [0.1, 0.15) is 16.9 Å². The first-order valence-electron chi connectivity index (χ1n) is 10.4. The van der Waals surface area contributed by atoms with Crippen LogP contribution in [0.25, 0.3) is 10.9 Å². The van der Waals surface area contributed by atoms with Crippen molar-refractivity contribution in [3.63, 3.8) is 0 Å². The first kappa shape index (κ1) is 19.4. The zero-order chi connectivity index (χ0) is 21.2. The Hall–Kier alpha value is -3.52. The summed E-state index contributed by atoms with van der Waals surface area (Å²) in [5, 5.41) is 3.94. The number of amides is 2. The minimum atomic E-state index is -0.0459. The second kappa shape index (κ2) is 8.31. The summed E-state index contributed by atoms with van der Waals surface area (Å²) in [7, 11) is 0. The van der Waals surface area contributed by atoms with E-state index in [0.29, 0.717) is 48.9 Å². The molecular weight excluding hydrogens is 396 g/mol. The standard InChI is InChI=1S/C23H24N4O4/c28-22(24-17-5-6-20-21(14-17)31-15-30-20)7-8-26-9-11-27(12-10-26)23(29)19-13-16-3-1-2-4-18(16)25-19/h1-6,13-14,25H,7-12,15H2,(H,24,28). The van der Waals surface area contributed by atoms with Gasteiger partial charge in [-0.1, -0.05) is 18.2 Å². The van der Waals surface area contributed by atoms with E-state index in [4.69, 9.17) is 9.47 Å². The third-order valence-corrected chi connectivity index (χ3v) is 5.73. The molecule has 8 heteroatoms. The van der Waals surface area contributed by atoms with Crippen LogP contribution < -0.4 is 14.8 Å². The van der Waals surface area contributed by atoms with Gasteiger partial charge in [0.05, 0.1) is 0 Å². The second-order valence-electron chi connectivity index (χ2n) is 7.77. The summed E-state index contributed by atoms with van der Waals surface area (Å²) in [6.07, 6.45) is 0.393. The van der Waals surface area contributed by atoms with Gasteiger partial charge in [-0.3, -0.25) is 14.5 Å². The Bertz CT molecular complexity index is 1080. The van der Waals surface area contributed by atoms with Gasteiger partial charge >= 0.3 is 0 Å². The molecule has 3 heterocycles. The van der Waals surface area contributed by atoms with Gasteiger partial charge in [0.15, 0.2) is 11.5 Å². The fraction of sp³-hybridized carbons (Fsp3) is 0.304. The molecule has 0 saturated carbocycles. The zero-order valence-corrected chi connectivity index (χ0v) is 17.1. The fourth-order valence-corrected chi connectivity index (χ4v) is 3.99. The van der Waals surface area contributed by atoms with Gasteiger partial charge in [0.2, 0.25) is 12.7 Å². The van der Waals surface area contributed by atoms with E-state index in [1.165, 1.54) is 0 Å². The smallest absolute Gasteiger partial charge is 0.270 e. The summed E-state index contributed by atoms with van der Waals surface area (Å²) in [4.78, 5) is 32.4. The number of anilines is 1. The lowest BCUT2D eigenvalue weighted by molar-refractivity contribution is -0.116. The highest BCUT2D eigenvalue weighted by Crippen LogP contribution is 2.34. The maximum Gasteiger partial charge on any atom is 0.270 e. The van der Waals surface area contributed by atoms with E-state index in [1.807, 2.05) is 35.2 Å². The normalized spacial score (nSPS) is 15.9. The topological polar surface area (TPSA) is 86.9 Å². The van der Waals surface area contributed by atoms with Gasteiger partial charge in [-0.2, -0.15) is 0 Å². The highest BCUT2D eigenvalue weighted by molar-refractivity contribution is 5.98. The van der Waals surface area contributed by atoms with Gasteiger partial charge in [-0.05, 0) is 24.3 Å². The number of hydrogen-bond donors (Lipinski definition) is 2. The largest absolute Gasteiger partial charge is 0.454 e. The number of aromatic nitrogens is 1. The molecule has 2 aliphatic rings. The molecule has 0 atom stereocenters. The lowest BCUT2D eigenvalue weighted by Crippen LogP contribution is -2.49. The number of nitrogens with zero attached hydrogens (tertiary/aromatic N) is 2. The van der Waals surface area contributed by atoms with Crippen LogP contribution in [0.15, 0.2) is 48.5 Å². The van der Waals surface area contributed by atoms with Crippen molar-refractivity contribution in [1.29, 1.82) is 0 Å². The Morgan fingerprint density at radius 1 is 0.968 bits per heavy atom. The third-order valence-electron chi connectivity index (χ3n) is 5.73. The summed E-state index contributed by atoms with van der Waals surface area (Å²) in [6.45, 7) is 3.68. The van der Waals surface area contributed by atoms with Crippen LogP contribution in [0.2, 0.25) is 0 Å². The molecule has 1 saturated heterocycles. The molecule has 1 aromatic heterocycles. The van der Waals surface area contributed by atoms with Crippen molar-refractivity contribution in [2.75, 3.05) is 44.8 Å². The Balaban J connectivity index is 1.09. The van der Waals surface area contributed by atoms with Crippen molar-refractivity contribution in [3.8, 4) is 11.5 Å². The molecule has 2 aromatic carbocycles. The molecule has 0 unspecified atom stereocenters. The highest BCUT2D eigenvalue weighted by Gasteiger charge is 2.23. The molecule has 2 amide bonds. The van der Waals surface area contributed by atoms with Crippen LogP contribution in [0, 0.1) is 0 Å². The maximum absolute atomic E-state index is 12.8. The Morgan fingerprint density at radius 2 is 1.77 bits per heavy atom. The summed E-state index contributed by atoms with van der Waals surface area (Å²) in [6, 6.07) is 15.2. The van der Waals surface area contributed by atoms with Crippen molar-refractivity contribution < 1.29 is 19.1 Å². The number of nitrogens with one attached hydrogen (secondary N) is 2. The molecule has 31 heavy (non-hydrogen) atoms. The molecule has 0 aliphatic carbocycles. The molecule has 0 bridgehead atoms. The number of piperazine rings is 1. The van der Waals surface area contributed by atoms with Crippen molar-refractivity contribution in [3.05, 3.63) is 54.2 Å². The highest BCUT2D eigenvalue weighted by atomic mass is 16.7. The van der Waals surface area contributed by atoms with Crippen LogP contribution in [-0.4, -0.2) is 66.1 Å². The van der Waals surface area contributed by atoms with Gasteiger partial charge in [0.1, 0.15) is 5.69 Å². The average molecular weight is 420 g/mol. The molecule has 0 spiro atoms. The number of H-pyrrole nitrogens is 1. The summed E-state index contributed by atoms with van der Waals surface area (Å²) in [5.74, 6) is 1.32. The number of carbonyl (C=O) groups is 2. The molecule has 2 aliphatic heterocycles. The SMILES string of the molecule is O=C(CCN1CCN(C(=O)c2cc3ccccc3[nH]2)CC1)Nc1ccc2c(c1)OCO2. The molecule has 1 fully saturated rings. The third kappa shape index (κ3) is 4.20. The number of ether oxygens (including phenoxy) is 2. The predicted molar refractivity (Wildman–Crippen MR) is 116 cm³/mol. The summed E-state index contributed by atoms with van der Waals surface area (Å²) < 4.78 is 10.6. The lowest BCUT2D eigenvalue weighted by atomic mass is 10.2. The fourth-order valence-electron chi connectivity index (χ4n) is 3.99. The number of para-hydroxylation sites is 1. The van der Waals surface area contributed by atoms with Gasteiger partial charge in [0, 0.05) is 61.8 Å². The van der Waals surface area contributed by atoms with E-state index in [1.54, 1.807) is 18.2 Å². The minimum absolute atomic E-state index is 0.0244. The Kier molecular flexibility index (Phi) is 5.21. The second-order valence-corrected chi connectivity index (χ2v) is 7.77. The van der Waals surface area contributed by atoms with Crippen LogP contribution in [0.3, 0.4) is 0 Å². The van der Waals surface area contributed by atoms with Gasteiger partial charge in [-0.25, -0.2) is 0 Å². The van der Waals surface area contributed by atoms with E-state index < -0.39 is 0 Å². The maximum atomic E-state index is 12.8. The molecule has 0 radical (unpaired) electrons. The van der Waals surface area contributed by atoms with Crippen LogP contribution >= 0.6 is 0 Å². The lowest BCUT2D eigenvalue weighted by Gasteiger charge is -2.34. The number of hydrogen-bond acceptors (Lipinski definition) is 5. The molecule has 3 aromatic rings. The number of aromatic amines is 1. The van der Waals surface area contributed by atoms with E-state index in [2.05, 4.69) is 15.2 Å². The van der Waals surface area contributed by atoms with Crippen LogP contribution in [0.5, 0.6) is 11.5 Å². The first-order valence-corrected chi connectivity index (χ1v) is 10.4. The quantitative estimate of drug-likeness (QED) is 0.663. The van der Waals surface area contributed by atoms with Crippen LogP contribution in [0.4, 0.5) is 5.69 Å². The van der Waals surface area contributed by atoms with Gasteiger partial charge < -0.3 is 24.7 Å². The molecule has 8 nitrogen and oxygen atoms in total. The van der Waals surface area contributed by atoms with E-state index in [-0.39, 0.29) is 18.6 Å². The number of rotatable bonds is 5. The molecule has 5 rings (SSSR count). The Labute approximate surface area is 179 Å². The number of benzene rings is 2. The summed E-state index contributed by atoms with van der Waals surface area (Å²) >= 11 is 0. The van der Waals surface area contributed by atoms with Gasteiger partial charge in [0.25, 0.3) is 5.91 Å². The molecule has 2 N–H and O–H groups in total. The van der Waals surface area contributed by atoms with Crippen LogP contribution in [-0.2, 0) is 4.79 Å². The van der Waals surface area contributed by atoms with Crippen molar-refractivity contribution in [1.82, 2.24) is 14.8 Å². The molecule has 160 valence electrons. The summed E-state index contributed by atoms with van der Waals surface area (Å²) in [5.41, 5.74) is 2.29. The van der Waals surface area contributed by atoms with E-state index in [0.717, 1.165) is 24.0 Å². The zero-order valence-electron chi connectivity index (χ0n) is 17.1.